The highest BCUT2D eigenvalue weighted by atomic mass is 19.1. The van der Waals surface area contributed by atoms with Gasteiger partial charge in [0.05, 0.1) is 0 Å². The number of amides is 2. The third kappa shape index (κ3) is 3.75. The first-order valence-corrected chi connectivity index (χ1v) is 8.31. The van der Waals surface area contributed by atoms with Crippen LogP contribution >= 0.6 is 0 Å². The van der Waals surface area contributed by atoms with Crippen LogP contribution in [0.25, 0.3) is 0 Å². The minimum absolute atomic E-state index is 0.0645. The fourth-order valence-electron chi connectivity index (χ4n) is 3.00. The normalized spacial score (nSPS) is 14.8. The molecule has 2 amide bonds. The first-order chi connectivity index (χ1) is 11.5. The van der Waals surface area contributed by atoms with Gasteiger partial charge in [-0.1, -0.05) is 26.0 Å². The lowest BCUT2D eigenvalue weighted by Crippen LogP contribution is -2.54. The highest BCUT2D eigenvalue weighted by Crippen LogP contribution is 2.20. The Balaban J connectivity index is 1.43. The third-order valence-corrected chi connectivity index (χ3v) is 4.32. The van der Waals surface area contributed by atoms with Crippen LogP contribution in [-0.2, 0) is 13.1 Å². The number of nitrogens with one attached hydrogen (secondary N) is 1. The Morgan fingerprint density at radius 1 is 1.33 bits per heavy atom. The number of aromatic nitrogens is 2. The molecule has 0 radical (unpaired) electrons. The van der Waals surface area contributed by atoms with Crippen LogP contribution in [0.4, 0.5) is 9.18 Å². The van der Waals surface area contributed by atoms with Crippen molar-refractivity contribution in [2.24, 2.45) is 5.92 Å². The molecular weight excluding hydrogens is 307 g/mol. The maximum Gasteiger partial charge on any atom is 0.317 e. The zero-order valence-corrected chi connectivity index (χ0v) is 14.1. The molecule has 1 N–H and O–H groups in total. The molecule has 2 heterocycles. The Morgan fingerprint density at radius 3 is 2.71 bits per heavy atom. The Morgan fingerprint density at radius 2 is 2.04 bits per heavy atom. The number of carbonyl (C=O) groups is 1. The maximum absolute atomic E-state index is 12.9. The van der Waals surface area contributed by atoms with E-state index < -0.39 is 0 Å². The largest absolute Gasteiger partial charge is 0.334 e. The molecule has 0 aliphatic carbocycles. The number of halogens is 1. The summed E-state index contributed by atoms with van der Waals surface area (Å²) in [5.74, 6) is 1.69. The molecule has 6 heteroatoms. The number of likely N-dealkylation sites (tertiary alicyclic amines) is 1. The fraction of sp³-hybridized carbons (Fsp3) is 0.444. The van der Waals surface area contributed by atoms with E-state index in [0.717, 1.165) is 31.0 Å². The van der Waals surface area contributed by atoms with Crippen LogP contribution in [0.2, 0.25) is 0 Å². The quantitative estimate of drug-likeness (QED) is 0.916. The van der Waals surface area contributed by atoms with Crippen LogP contribution < -0.4 is 5.32 Å². The summed E-state index contributed by atoms with van der Waals surface area (Å²) in [6.45, 7) is 7.09. The molecule has 1 aliphatic heterocycles. The molecule has 1 aliphatic rings. The van der Waals surface area contributed by atoms with Crippen LogP contribution in [0, 0.1) is 11.7 Å². The predicted octanol–water partition coefficient (Wildman–Crippen LogP) is 2.99. The number of hydrogen-bond donors (Lipinski definition) is 1. The molecule has 128 valence electrons. The van der Waals surface area contributed by atoms with E-state index in [9.17, 15) is 9.18 Å². The summed E-state index contributed by atoms with van der Waals surface area (Å²) >= 11 is 0. The van der Waals surface area contributed by atoms with Gasteiger partial charge in [0.2, 0.25) is 0 Å². The Labute approximate surface area is 141 Å². The van der Waals surface area contributed by atoms with Gasteiger partial charge in [-0.15, -0.1) is 0 Å². The van der Waals surface area contributed by atoms with Crippen molar-refractivity contribution in [3.63, 3.8) is 0 Å². The molecule has 2 aromatic rings. The molecule has 0 spiro atoms. The average Bonchev–Trinajstić information content (AvgIpc) is 2.98. The van der Waals surface area contributed by atoms with Gasteiger partial charge < -0.3 is 14.8 Å². The second-order valence-electron chi connectivity index (χ2n) is 6.65. The van der Waals surface area contributed by atoms with E-state index in [0.29, 0.717) is 18.4 Å². The number of benzene rings is 1. The standard InChI is InChI=1S/C18H23FN4O/c1-13(2)17-20-7-8-22(17)10-15-11-23(12-15)18(24)21-9-14-3-5-16(19)6-4-14/h3-8,13,15H,9-12H2,1-2H3,(H,21,24). The van der Waals surface area contributed by atoms with Crippen LogP contribution in [0.5, 0.6) is 0 Å². The Kier molecular flexibility index (Phi) is 4.83. The molecule has 1 aromatic carbocycles. The molecule has 0 atom stereocenters. The lowest BCUT2D eigenvalue weighted by Gasteiger charge is -2.39. The summed E-state index contributed by atoms with van der Waals surface area (Å²) in [6, 6.07) is 6.10. The Bertz CT molecular complexity index is 689. The molecule has 1 aromatic heterocycles. The van der Waals surface area contributed by atoms with E-state index in [1.165, 1.54) is 12.1 Å². The molecular formula is C18H23FN4O. The van der Waals surface area contributed by atoms with Gasteiger partial charge in [0.15, 0.2) is 0 Å². The number of urea groups is 1. The molecule has 3 rings (SSSR count). The second-order valence-corrected chi connectivity index (χ2v) is 6.65. The second kappa shape index (κ2) is 7.03. The molecule has 1 saturated heterocycles. The predicted molar refractivity (Wildman–Crippen MR) is 90.0 cm³/mol. The van der Waals surface area contributed by atoms with Crippen LogP contribution in [0.1, 0.15) is 31.2 Å². The smallest absolute Gasteiger partial charge is 0.317 e. The third-order valence-electron chi connectivity index (χ3n) is 4.32. The van der Waals surface area contributed by atoms with Crippen molar-refractivity contribution in [3.8, 4) is 0 Å². The SMILES string of the molecule is CC(C)c1nccn1CC1CN(C(=O)NCc2ccc(F)cc2)C1. The highest BCUT2D eigenvalue weighted by Gasteiger charge is 2.31. The van der Waals surface area contributed by atoms with Crippen molar-refractivity contribution in [1.29, 1.82) is 0 Å². The molecule has 24 heavy (non-hydrogen) atoms. The van der Waals surface area contributed by atoms with Crippen LogP contribution in [-0.4, -0.2) is 33.6 Å². The molecule has 0 bridgehead atoms. The summed E-state index contributed by atoms with van der Waals surface area (Å²) in [6.07, 6.45) is 3.84. The minimum atomic E-state index is -0.268. The average molecular weight is 330 g/mol. The first-order valence-electron chi connectivity index (χ1n) is 8.31. The van der Waals surface area contributed by atoms with Crippen LogP contribution in [0.3, 0.4) is 0 Å². The van der Waals surface area contributed by atoms with Gasteiger partial charge in [0, 0.05) is 50.4 Å². The van der Waals surface area contributed by atoms with E-state index >= 15 is 0 Å². The number of hydrogen-bond acceptors (Lipinski definition) is 2. The lowest BCUT2D eigenvalue weighted by molar-refractivity contribution is 0.109. The highest BCUT2D eigenvalue weighted by molar-refractivity contribution is 5.75. The van der Waals surface area contributed by atoms with E-state index in [-0.39, 0.29) is 11.8 Å². The van der Waals surface area contributed by atoms with Crippen molar-refractivity contribution in [1.82, 2.24) is 19.8 Å². The Hall–Kier alpha value is -2.37. The number of imidazole rings is 1. The van der Waals surface area contributed by atoms with Gasteiger partial charge >= 0.3 is 6.03 Å². The van der Waals surface area contributed by atoms with Crippen molar-refractivity contribution < 1.29 is 9.18 Å². The number of nitrogens with zero attached hydrogens (tertiary/aromatic N) is 3. The van der Waals surface area contributed by atoms with E-state index in [1.807, 2.05) is 12.4 Å². The van der Waals surface area contributed by atoms with Gasteiger partial charge in [-0.25, -0.2) is 14.2 Å². The van der Waals surface area contributed by atoms with Gasteiger partial charge in [-0.2, -0.15) is 0 Å². The zero-order chi connectivity index (χ0) is 17.1. The number of rotatable bonds is 5. The molecule has 0 unspecified atom stereocenters. The van der Waals surface area contributed by atoms with Gasteiger partial charge in [0.1, 0.15) is 11.6 Å². The summed E-state index contributed by atoms with van der Waals surface area (Å²) in [4.78, 5) is 18.3. The van der Waals surface area contributed by atoms with E-state index in [4.69, 9.17) is 0 Å². The summed E-state index contributed by atoms with van der Waals surface area (Å²) in [7, 11) is 0. The van der Waals surface area contributed by atoms with Crippen molar-refractivity contribution in [2.45, 2.75) is 32.9 Å². The van der Waals surface area contributed by atoms with Crippen molar-refractivity contribution >= 4 is 6.03 Å². The molecule has 0 saturated carbocycles. The van der Waals surface area contributed by atoms with E-state index in [1.54, 1.807) is 17.0 Å². The summed E-state index contributed by atoms with van der Waals surface area (Å²) < 4.78 is 15.0. The molecule has 1 fully saturated rings. The number of carbonyl (C=O) groups excluding carboxylic acids is 1. The van der Waals surface area contributed by atoms with Gasteiger partial charge in [-0.05, 0) is 17.7 Å². The van der Waals surface area contributed by atoms with Gasteiger partial charge in [-0.3, -0.25) is 0 Å². The van der Waals surface area contributed by atoms with Gasteiger partial charge in [0.25, 0.3) is 0 Å². The first kappa shape index (κ1) is 16.5. The minimum Gasteiger partial charge on any atom is -0.334 e. The van der Waals surface area contributed by atoms with E-state index in [2.05, 4.69) is 28.7 Å². The lowest BCUT2D eigenvalue weighted by atomic mass is 10.0. The topological polar surface area (TPSA) is 50.2 Å². The summed E-state index contributed by atoms with van der Waals surface area (Å²) in [5, 5.41) is 2.87. The van der Waals surface area contributed by atoms with Crippen LogP contribution in [0.15, 0.2) is 36.7 Å². The maximum atomic E-state index is 12.9. The van der Waals surface area contributed by atoms with Crippen molar-refractivity contribution in [3.05, 3.63) is 53.9 Å². The van der Waals surface area contributed by atoms with Crippen molar-refractivity contribution in [2.75, 3.05) is 13.1 Å². The molecule has 5 nitrogen and oxygen atoms in total. The zero-order valence-electron chi connectivity index (χ0n) is 14.1. The fourth-order valence-corrected chi connectivity index (χ4v) is 3.00. The summed E-state index contributed by atoms with van der Waals surface area (Å²) in [5.41, 5.74) is 0.891. The monoisotopic (exact) mass is 330 g/mol.